The normalized spacial score (nSPS) is 22.7. The summed E-state index contributed by atoms with van der Waals surface area (Å²) < 4.78 is 10.5. The van der Waals surface area contributed by atoms with Gasteiger partial charge in [0.2, 0.25) is 0 Å². The Balaban J connectivity index is 2.30. The van der Waals surface area contributed by atoms with Gasteiger partial charge in [-0.25, -0.2) is 0 Å². The molecule has 2 rings (SSSR count). The first-order valence-corrected chi connectivity index (χ1v) is 3.92. The van der Waals surface area contributed by atoms with Gasteiger partial charge in [-0.2, -0.15) is 0 Å². The second kappa shape index (κ2) is 2.14. The molecule has 0 saturated heterocycles. The van der Waals surface area contributed by atoms with Gasteiger partial charge in [-0.05, 0) is 0 Å². The molecule has 4 heteroatoms. The molecule has 0 aromatic carbocycles. The monoisotopic (exact) mass is 157 g/mol. The zero-order valence-corrected chi connectivity index (χ0v) is 6.06. The van der Waals surface area contributed by atoms with E-state index in [0.717, 1.165) is 11.5 Å². The predicted octanol–water partition coefficient (Wildman–Crippen LogP) is 0.804. The summed E-state index contributed by atoms with van der Waals surface area (Å²) in [6.45, 7) is 0.448. The largest absolute Gasteiger partial charge is 0.483 e. The van der Waals surface area contributed by atoms with Gasteiger partial charge in [0.15, 0.2) is 17.7 Å². The van der Waals surface area contributed by atoms with Gasteiger partial charge in [0.05, 0.1) is 0 Å². The quantitative estimate of drug-likeness (QED) is 0.606. The number of fused-ring (bicyclic) bond motifs is 1. The lowest BCUT2D eigenvalue weighted by atomic mass is 10.4. The molecule has 2 N–H and O–H groups in total. The van der Waals surface area contributed by atoms with Crippen LogP contribution in [0.2, 0.25) is 0 Å². The first-order valence-electron chi connectivity index (χ1n) is 2.97. The first kappa shape index (κ1) is 6.00. The van der Waals surface area contributed by atoms with Crippen LogP contribution in [0.15, 0.2) is 10.8 Å². The Morgan fingerprint density at radius 3 is 3.20 bits per heavy atom. The molecule has 0 saturated carbocycles. The van der Waals surface area contributed by atoms with Gasteiger partial charge in [-0.3, -0.25) is 5.73 Å². The summed E-state index contributed by atoms with van der Waals surface area (Å²) >= 11 is 1.55. The molecule has 1 aromatic heterocycles. The van der Waals surface area contributed by atoms with E-state index >= 15 is 0 Å². The molecule has 1 aliphatic heterocycles. The van der Waals surface area contributed by atoms with E-state index in [1.807, 2.05) is 10.8 Å². The molecule has 0 bridgehead atoms. The van der Waals surface area contributed by atoms with Crippen LogP contribution in [0.5, 0.6) is 11.5 Å². The van der Waals surface area contributed by atoms with E-state index in [0.29, 0.717) is 6.61 Å². The third kappa shape index (κ3) is 0.853. The third-order valence-corrected chi connectivity index (χ3v) is 1.97. The number of rotatable bonds is 0. The lowest BCUT2D eigenvalue weighted by Crippen LogP contribution is -2.36. The maximum Gasteiger partial charge on any atom is 0.182 e. The van der Waals surface area contributed by atoms with Crippen molar-refractivity contribution in [3.63, 3.8) is 0 Å². The van der Waals surface area contributed by atoms with E-state index in [9.17, 15) is 0 Å². The van der Waals surface area contributed by atoms with Crippen LogP contribution in [-0.2, 0) is 0 Å². The highest BCUT2D eigenvalue weighted by Gasteiger charge is 2.17. The molecule has 0 amide bonds. The predicted molar refractivity (Wildman–Crippen MR) is 38.4 cm³/mol. The number of hydrogen-bond donors (Lipinski definition) is 1. The lowest BCUT2D eigenvalue weighted by Gasteiger charge is -2.20. The van der Waals surface area contributed by atoms with Crippen molar-refractivity contribution < 1.29 is 9.47 Å². The summed E-state index contributed by atoms with van der Waals surface area (Å²) in [5.41, 5.74) is 5.47. The summed E-state index contributed by atoms with van der Waals surface area (Å²) in [4.78, 5) is 0. The zero-order chi connectivity index (χ0) is 6.97. The molecule has 2 heterocycles. The minimum atomic E-state index is -0.304. The third-order valence-electron chi connectivity index (χ3n) is 1.27. The maximum atomic E-state index is 5.47. The Morgan fingerprint density at radius 2 is 2.30 bits per heavy atom. The van der Waals surface area contributed by atoms with E-state index in [-0.39, 0.29) is 6.23 Å². The van der Waals surface area contributed by atoms with Gasteiger partial charge < -0.3 is 9.47 Å². The van der Waals surface area contributed by atoms with Gasteiger partial charge in [-0.1, -0.05) is 0 Å². The minimum Gasteiger partial charge on any atom is -0.483 e. The fourth-order valence-electron chi connectivity index (χ4n) is 0.834. The Bertz CT molecular complexity index is 235. The molecule has 54 valence electrons. The first-order chi connectivity index (χ1) is 4.86. The number of nitrogens with two attached hydrogens (primary N) is 1. The van der Waals surface area contributed by atoms with Crippen molar-refractivity contribution in [2.75, 3.05) is 6.61 Å². The number of hydrogen-bond acceptors (Lipinski definition) is 4. The highest BCUT2D eigenvalue weighted by atomic mass is 32.1. The van der Waals surface area contributed by atoms with E-state index in [2.05, 4.69) is 0 Å². The maximum absolute atomic E-state index is 5.47. The van der Waals surface area contributed by atoms with Crippen LogP contribution in [0.1, 0.15) is 0 Å². The molecule has 1 unspecified atom stereocenters. The van der Waals surface area contributed by atoms with Crippen molar-refractivity contribution >= 4 is 11.3 Å². The second-order valence-electron chi connectivity index (χ2n) is 2.07. The summed E-state index contributed by atoms with van der Waals surface area (Å²) in [5.74, 6) is 1.58. The van der Waals surface area contributed by atoms with Crippen molar-refractivity contribution in [1.29, 1.82) is 0 Å². The van der Waals surface area contributed by atoms with Crippen molar-refractivity contribution in [2.24, 2.45) is 5.73 Å². The smallest absolute Gasteiger partial charge is 0.182 e. The Labute approximate surface area is 62.4 Å². The number of ether oxygens (including phenoxy) is 2. The fraction of sp³-hybridized carbons (Fsp3) is 0.333. The van der Waals surface area contributed by atoms with Gasteiger partial charge in [-0.15, -0.1) is 11.3 Å². The van der Waals surface area contributed by atoms with Gasteiger partial charge in [0, 0.05) is 10.8 Å². The Morgan fingerprint density at radius 1 is 1.50 bits per heavy atom. The van der Waals surface area contributed by atoms with Crippen molar-refractivity contribution in [2.45, 2.75) is 6.23 Å². The average molecular weight is 157 g/mol. The van der Waals surface area contributed by atoms with Crippen molar-refractivity contribution in [1.82, 2.24) is 0 Å². The lowest BCUT2D eigenvalue weighted by molar-refractivity contribution is 0.0972. The van der Waals surface area contributed by atoms with E-state index in [4.69, 9.17) is 15.2 Å². The van der Waals surface area contributed by atoms with Crippen molar-refractivity contribution in [3.05, 3.63) is 10.8 Å². The molecule has 0 radical (unpaired) electrons. The molecule has 1 aliphatic rings. The summed E-state index contributed by atoms with van der Waals surface area (Å²) in [6, 6.07) is 0. The minimum absolute atomic E-state index is 0.304. The Hall–Kier alpha value is -0.740. The molecular formula is C6H7NO2S. The van der Waals surface area contributed by atoms with Crippen LogP contribution in [0.3, 0.4) is 0 Å². The standard InChI is InChI=1S/C6H7NO2S/c7-6-1-8-4-2-10-3-5(4)9-6/h2-3,6H,1,7H2. The molecule has 1 atom stereocenters. The Kier molecular flexibility index (Phi) is 1.28. The summed E-state index contributed by atoms with van der Waals surface area (Å²) in [5, 5.41) is 3.79. The molecule has 3 nitrogen and oxygen atoms in total. The molecule has 0 aliphatic carbocycles. The fourth-order valence-corrected chi connectivity index (χ4v) is 1.50. The van der Waals surface area contributed by atoms with Gasteiger partial charge >= 0.3 is 0 Å². The van der Waals surface area contributed by atoms with Crippen molar-refractivity contribution in [3.8, 4) is 11.5 Å². The molecule has 0 spiro atoms. The number of thiophene rings is 1. The van der Waals surface area contributed by atoms with E-state index < -0.39 is 0 Å². The second-order valence-corrected chi connectivity index (χ2v) is 2.81. The summed E-state index contributed by atoms with van der Waals surface area (Å²) in [6.07, 6.45) is -0.304. The molecule has 10 heavy (non-hydrogen) atoms. The topological polar surface area (TPSA) is 44.5 Å². The van der Waals surface area contributed by atoms with Crippen LogP contribution in [0.4, 0.5) is 0 Å². The van der Waals surface area contributed by atoms with Crippen LogP contribution in [0.25, 0.3) is 0 Å². The van der Waals surface area contributed by atoms with Crippen LogP contribution in [-0.4, -0.2) is 12.8 Å². The van der Waals surface area contributed by atoms with Crippen LogP contribution < -0.4 is 15.2 Å². The highest BCUT2D eigenvalue weighted by Crippen LogP contribution is 2.34. The average Bonchev–Trinajstić information content (AvgIpc) is 2.33. The molecular weight excluding hydrogens is 150 g/mol. The van der Waals surface area contributed by atoms with Crippen LogP contribution >= 0.6 is 11.3 Å². The highest BCUT2D eigenvalue weighted by molar-refractivity contribution is 7.08. The zero-order valence-electron chi connectivity index (χ0n) is 5.24. The SMILES string of the molecule is NC1COc2cscc2O1. The van der Waals surface area contributed by atoms with Gasteiger partial charge in [0.25, 0.3) is 0 Å². The van der Waals surface area contributed by atoms with E-state index in [1.165, 1.54) is 0 Å². The van der Waals surface area contributed by atoms with E-state index in [1.54, 1.807) is 11.3 Å². The summed E-state index contributed by atoms with van der Waals surface area (Å²) in [7, 11) is 0. The molecule has 1 aromatic rings. The molecule has 0 fully saturated rings. The van der Waals surface area contributed by atoms with Crippen LogP contribution in [0, 0.1) is 0 Å². The van der Waals surface area contributed by atoms with Gasteiger partial charge in [0.1, 0.15) is 6.61 Å².